The molecule has 2 rings (SSSR count). The maximum absolute atomic E-state index is 12.5. The van der Waals surface area contributed by atoms with E-state index in [2.05, 4.69) is 5.32 Å². The van der Waals surface area contributed by atoms with Crippen LogP contribution in [0.2, 0.25) is 0 Å². The topological polar surface area (TPSA) is 58.6 Å². The van der Waals surface area contributed by atoms with Crippen molar-refractivity contribution < 1.29 is 27.5 Å². The fourth-order valence-electron chi connectivity index (χ4n) is 1.86. The molecule has 114 valence electrons. The summed E-state index contributed by atoms with van der Waals surface area (Å²) in [7, 11) is 0. The van der Waals surface area contributed by atoms with E-state index in [1.54, 1.807) is 0 Å². The molecule has 0 atom stereocenters. The molecule has 0 radical (unpaired) electrons. The summed E-state index contributed by atoms with van der Waals surface area (Å²) in [5.74, 6) is -0.464. The molecule has 1 aliphatic heterocycles. The Hall–Kier alpha value is -2.25. The van der Waals surface area contributed by atoms with Gasteiger partial charge in [0.25, 0.3) is 0 Å². The average Bonchev–Trinajstić information content (AvgIpc) is 2.81. The van der Waals surface area contributed by atoms with E-state index < -0.39 is 23.7 Å². The zero-order valence-electron chi connectivity index (χ0n) is 10.9. The maximum Gasteiger partial charge on any atom is 0.416 e. The van der Waals surface area contributed by atoms with Crippen molar-refractivity contribution in [1.82, 2.24) is 4.90 Å². The summed E-state index contributed by atoms with van der Waals surface area (Å²) in [5, 5.41) is 2.38. The molecular formula is C13H13F3N2O3. The van der Waals surface area contributed by atoms with Crippen LogP contribution in [0.5, 0.6) is 0 Å². The molecule has 0 saturated carbocycles. The summed E-state index contributed by atoms with van der Waals surface area (Å²) in [6.45, 7) is 0.868. The number of amides is 2. The molecule has 1 saturated heterocycles. The number of alkyl halides is 3. The summed E-state index contributed by atoms with van der Waals surface area (Å²) in [6, 6.07) is 4.38. The van der Waals surface area contributed by atoms with Crippen LogP contribution in [0, 0.1) is 0 Å². The second-order valence-corrected chi connectivity index (χ2v) is 4.48. The number of ether oxygens (including phenoxy) is 1. The predicted molar refractivity (Wildman–Crippen MR) is 67.6 cm³/mol. The van der Waals surface area contributed by atoms with Crippen LogP contribution in [0.15, 0.2) is 24.3 Å². The van der Waals surface area contributed by atoms with Crippen molar-refractivity contribution in [2.45, 2.75) is 12.6 Å². The Morgan fingerprint density at radius 1 is 1.38 bits per heavy atom. The fraction of sp³-hybridized carbons (Fsp3) is 0.385. The molecule has 1 N–H and O–H groups in total. The summed E-state index contributed by atoms with van der Waals surface area (Å²) >= 11 is 0. The number of hydrogen-bond acceptors (Lipinski definition) is 3. The molecule has 21 heavy (non-hydrogen) atoms. The van der Waals surface area contributed by atoms with E-state index >= 15 is 0 Å². The Kier molecular flexibility index (Phi) is 4.35. The van der Waals surface area contributed by atoms with Gasteiger partial charge in [0.1, 0.15) is 6.61 Å². The highest BCUT2D eigenvalue weighted by molar-refractivity contribution is 5.91. The molecule has 8 heteroatoms. The second-order valence-electron chi connectivity index (χ2n) is 4.48. The summed E-state index contributed by atoms with van der Waals surface area (Å²) in [5.41, 5.74) is -0.762. The van der Waals surface area contributed by atoms with Crippen molar-refractivity contribution >= 4 is 17.7 Å². The Balaban J connectivity index is 1.89. The largest absolute Gasteiger partial charge is 0.448 e. The first-order chi connectivity index (χ1) is 9.86. The van der Waals surface area contributed by atoms with Gasteiger partial charge >= 0.3 is 12.3 Å². The molecule has 5 nitrogen and oxygen atoms in total. The molecular weight excluding hydrogens is 289 g/mol. The SMILES string of the molecule is O=C(CCN1CCOC1=O)Nc1cccc(C(F)(F)F)c1. The smallest absolute Gasteiger partial charge is 0.416 e. The van der Waals surface area contributed by atoms with Crippen LogP contribution >= 0.6 is 0 Å². The third-order valence-electron chi connectivity index (χ3n) is 2.93. The first-order valence-electron chi connectivity index (χ1n) is 6.25. The van der Waals surface area contributed by atoms with E-state index in [4.69, 9.17) is 4.74 Å². The molecule has 1 aromatic carbocycles. The second kappa shape index (κ2) is 6.02. The average molecular weight is 302 g/mol. The number of carbonyl (C=O) groups is 2. The molecule has 1 heterocycles. The Bertz CT molecular complexity index is 546. The third-order valence-corrected chi connectivity index (χ3v) is 2.93. The van der Waals surface area contributed by atoms with Gasteiger partial charge in [0.15, 0.2) is 0 Å². The van der Waals surface area contributed by atoms with Gasteiger partial charge in [-0.25, -0.2) is 4.79 Å². The van der Waals surface area contributed by atoms with Gasteiger partial charge in [-0.05, 0) is 18.2 Å². The molecule has 1 fully saturated rings. The van der Waals surface area contributed by atoms with Gasteiger partial charge in [-0.15, -0.1) is 0 Å². The van der Waals surface area contributed by atoms with Crippen molar-refractivity contribution in [2.75, 3.05) is 25.0 Å². The standard InChI is InChI=1S/C13H13F3N2O3/c14-13(15,16)9-2-1-3-10(8-9)17-11(19)4-5-18-6-7-21-12(18)20/h1-3,8H,4-7H2,(H,17,19). The number of hydrogen-bond donors (Lipinski definition) is 1. The minimum Gasteiger partial charge on any atom is -0.448 e. The molecule has 1 aromatic rings. The van der Waals surface area contributed by atoms with Crippen molar-refractivity contribution in [3.05, 3.63) is 29.8 Å². The number of carbonyl (C=O) groups excluding carboxylic acids is 2. The van der Waals surface area contributed by atoms with Crippen LogP contribution in [0.25, 0.3) is 0 Å². The number of rotatable bonds is 4. The van der Waals surface area contributed by atoms with Gasteiger partial charge in [-0.2, -0.15) is 13.2 Å². The Morgan fingerprint density at radius 2 is 2.14 bits per heavy atom. The van der Waals surface area contributed by atoms with Crippen LogP contribution < -0.4 is 5.32 Å². The lowest BCUT2D eigenvalue weighted by Crippen LogP contribution is -2.28. The number of nitrogens with one attached hydrogen (secondary N) is 1. The van der Waals surface area contributed by atoms with E-state index in [0.717, 1.165) is 12.1 Å². The van der Waals surface area contributed by atoms with Crippen molar-refractivity contribution in [1.29, 1.82) is 0 Å². The van der Waals surface area contributed by atoms with Crippen LogP contribution in [-0.4, -0.2) is 36.6 Å². The van der Waals surface area contributed by atoms with Gasteiger partial charge in [0.2, 0.25) is 5.91 Å². The Morgan fingerprint density at radius 3 is 2.76 bits per heavy atom. The summed E-state index contributed by atoms with van der Waals surface area (Å²) in [6.07, 6.45) is -4.95. The highest BCUT2D eigenvalue weighted by Gasteiger charge is 2.30. The molecule has 0 bridgehead atoms. The number of anilines is 1. The highest BCUT2D eigenvalue weighted by atomic mass is 19.4. The number of cyclic esters (lactones) is 1. The Labute approximate surface area is 118 Å². The third kappa shape index (κ3) is 4.11. The van der Waals surface area contributed by atoms with Crippen molar-refractivity contribution in [3.8, 4) is 0 Å². The number of nitrogens with zero attached hydrogens (tertiary/aromatic N) is 1. The number of benzene rings is 1. The molecule has 2 amide bonds. The van der Waals surface area contributed by atoms with Crippen LogP contribution in [0.3, 0.4) is 0 Å². The lowest BCUT2D eigenvalue weighted by atomic mass is 10.2. The van der Waals surface area contributed by atoms with Gasteiger partial charge in [0.05, 0.1) is 12.1 Å². The van der Waals surface area contributed by atoms with E-state index in [0.29, 0.717) is 6.54 Å². The minimum absolute atomic E-state index is 0.00859. The fourth-order valence-corrected chi connectivity index (χ4v) is 1.86. The first kappa shape index (κ1) is 15.1. The van der Waals surface area contributed by atoms with E-state index in [1.807, 2.05) is 0 Å². The highest BCUT2D eigenvalue weighted by Crippen LogP contribution is 2.30. The van der Waals surface area contributed by atoms with Gasteiger partial charge in [0, 0.05) is 18.7 Å². The number of halogens is 3. The zero-order chi connectivity index (χ0) is 15.5. The maximum atomic E-state index is 12.5. The van der Waals surface area contributed by atoms with Gasteiger partial charge < -0.3 is 15.0 Å². The van der Waals surface area contributed by atoms with E-state index in [9.17, 15) is 22.8 Å². The monoisotopic (exact) mass is 302 g/mol. The van der Waals surface area contributed by atoms with Gasteiger partial charge in [-0.3, -0.25) is 4.79 Å². The molecule has 0 spiro atoms. The summed E-state index contributed by atoms with van der Waals surface area (Å²) in [4.78, 5) is 24.2. The lowest BCUT2D eigenvalue weighted by Gasteiger charge is -2.13. The summed E-state index contributed by atoms with van der Waals surface area (Å²) < 4.78 is 42.3. The van der Waals surface area contributed by atoms with Crippen molar-refractivity contribution in [2.24, 2.45) is 0 Å². The quantitative estimate of drug-likeness (QED) is 0.929. The van der Waals surface area contributed by atoms with Crippen LogP contribution in [0.1, 0.15) is 12.0 Å². The first-order valence-corrected chi connectivity index (χ1v) is 6.25. The normalized spacial score (nSPS) is 15.0. The molecule has 0 aliphatic carbocycles. The molecule has 0 unspecified atom stereocenters. The molecule has 1 aliphatic rings. The lowest BCUT2D eigenvalue weighted by molar-refractivity contribution is -0.137. The van der Waals surface area contributed by atoms with Crippen LogP contribution in [-0.2, 0) is 15.7 Å². The van der Waals surface area contributed by atoms with Crippen molar-refractivity contribution in [3.63, 3.8) is 0 Å². The predicted octanol–water partition coefficient (Wildman–Crippen LogP) is 2.49. The van der Waals surface area contributed by atoms with Crippen LogP contribution in [0.4, 0.5) is 23.7 Å². The van der Waals surface area contributed by atoms with Gasteiger partial charge in [-0.1, -0.05) is 6.07 Å². The van der Waals surface area contributed by atoms with E-state index in [-0.39, 0.29) is 25.3 Å². The minimum atomic E-state index is -4.46. The van der Waals surface area contributed by atoms with E-state index in [1.165, 1.54) is 17.0 Å². The molecule has 0 aromatic heterocycles. The zero-order valence-corrected chi connectivity index (χ0v) is 10.9.